The zero-order chi connectivity index (χ0) is 20.0. The Balaban J connectivity index is 1.93. The van der Waals surface area contributed by atoms with Crippen molar-refractivity contribution in [2.75, 3.05) is 19.5 Å². The molecule has 0 fully saturated rings. The predicted octanol–water partition coefficient (Wildman–Crippen LogP) is 2.37. The molecule has 7 nitrogen and oxygen atoms in total. The van der Waals surface area contributed by atoms with Crippen molar-refractivity contribution in [3.63, 3.8) is 0 Å². The molecule has 0 atom stereocenters. The van der Waals surface area contributed by atoms with Crippen LogP contribution in [0.1, 0.15) is 11.3 Å². The number of pyridine rings is 1. The van der Waals surface area contributed by atoms with Crippen molar-refractivity contribution in [2.24, 2.45) is 0 Å². The van der Waals surface area contributed by atoms with E-state index in [9.17, 15) is 22.8 Å². The van der Waals surface area contributed by atoms with Crippen molar-refractivity contribution < 1.29 is 32.2 Å². The number of nitrogens with one attached hydrogen (secondary N) is 2. The number of nitrogens with zero attached hydrogens (tertiary/aromatic N) is 1. The second-order valence-corrected chi connectivity index (χ2v) is 5.26. The summed E-state index contributed by atoms with van der Waals surface area (Å²) < 4.78 is 47.6. The number of anilines is 1. The highest BCUT2D eigenvalue weighted by Crippen LogP contribution is 2.28. The lowest BCUT2D eigenvalue weighted by molar-refractivity contribution is -0.141. The van der Waals surface area contributed by atoms with Gasteiger partial charge in [0.05, 0.1) is 26.1 Å². The minimum Gasteiger partial charge on any atom is -0.493 e. The Morgan fingerprint density at radius 1 is 1.04 bits per heavy atom. The second kappa shape index (κ2) is 8.39. The first-order valence-electron chi connectivity index (χ1n) is 7.58. The molecule has 0 saturated heterocycles. The van der Waals surface area contributed by atoms with Crippen LogP contribution in [0.3, 0.4) is 0 Å². The maximum atomic E-state index is 12.4. The highest BCUT2D eigenvalue weighted by Gasteiger charge is 2.32. The third-order valence-electron chi connectivity index (χ3n) is 3.42. The highest BCUT2D eigenvalue weighted by atomic mass is 19.4. The molecule has 0 spiro atoms. The zero-order valence-corrected chi connectivity index (χ0v) is 14.4. The highest BCUT2D eigenvalue weighted by molar-refractivity contribution is 6.39. The van der Waals surface area contributed by atoms with Gasteiger partial charge in [-0.25, -0.2) is 4.98 Å². The Kier molecular flexibility index (Phi) is 6.22. The van der Waals surface area contributed by atoms with E-state index in [-0.39, 0.29) is 12.2 Å². The molecular weight excluding hydrogens is 367 g/mol. The minimum atomic E-state index is -4.58. The third-order valence-corrected chi connectivity index (χ3v) is 3.42. The number of carbonyl (C=O) groups is 2. The van der Waals surface area contributed by atoms with Crippen LogP contribution >= 0.6 is 0 Å². The molecule has 2 rings (SSSR count). The molecule has 1 aromatic carbocycles. The fourth-order valence-electron chi connectivity index (χ4n) is 2.08. The first kappa shape index (κ1) is 20.0. The van der Waals surface area contributed by atoms with Crippen LogP contribution in [0.5, 0.6) is 11.5 Å². The number of hydrogen-bond acceptors (Lipinski definition) is 5. The molecule has 0 aliphatic carbocycles. The standard InChI is InChI=1S/C17H16F3N3O4/c1-26-12-5-3-10(7-13(12)27-2)8-22-15(24)16(25)23-11-4-6-14(21-9-11)17(18,19)20/h3-7,9H,8H2,1-2H3,(H,22,24)(H,23,25). The van der Waals surface area contributed by atoms with Gasteiger partial charge in [-0.2, -0.15) is 13.2 Å². The quantitative estimate of drug-likeness (QED) is 0.774. The predicted molar refractivity (Wildman–Crippen MR) is 89.3 cm³/mol. The summed E-state index contributed by atoms with van der Waals surface area (Å²) in [6.07, 6.45) is -3.76. The molecule has 0 unspecified atom stereocenters. The van der Waals surface area contributed by atoms with Gasteiger partial charge in [0.2, 0.25) is 0 Å². The summed E-state index contributed by atoms with van der Waals surface area (Å²) in [6.45, 7) is 0.0396. The van der Waals surface area contributed by atoms with Gasteiger partial charge >= 0.3 is 18.0 Å². The SMILES string of the molecule is COc1ccc(CNC(=O)C(=O)Nc2ccc(C(F)(F)F)nc2)cc1OC. The number of halogens is 3. The van der Waals surface area contributed by atoms with Crippen LogP contribution in [0.4, 0.5) is 18.9 Å². The molecule has 1 heterocycles. The second-order valence-electron chi connectivity index (χ2n) is 5.26. The maximum absolute atomic E-state index is 12.4. The van der Waals surface area contributed by atoms with Crippen LogP contribution in [0.25, 0.3) is 0 Å². The summed E-state index contributed by atoms with van der Waals surface area (Å²) in [5.74, 6) is -1.01. The average Bonchev–Trinajstić information content (AvgIpc) is 2.65. The van der Waals surface area contributed by atoms with E-state index >= 15 is 0 Å². The molecule has 1 aromatic heterocycles. The first-order chi connectivity index (χ1) is 12.7. The Morgan fingerprint density at radius 3 is 2.30 bits per heavy atom. The summed E-state index contributed by atoms with van der Waals surface area (Å²) in [4.78, 5) is 26.9. The lowest BCUT2D eigenvalue weighted by Gasteiger charge is -2.10. The summed E-state index contributed by atoms with van der Waals surface area (Å²) in [6, 6.07) is 6.68. The average molecular weight is 383 g/mol. The number of aromatic nitrogens is 1. The molecule has 27 heavy (non-hydrogen) atoms. The number of ether oxygens (including phenoxy) is 2. The Morgan fingerprint density at radius 2 is 1.74 bits per heavy atom. The van der Waals surface area contributed by atoms with E-state index in [2.05, 4.69) is 15.6 Å². The smallest absolute Gasteiger partial charge is 0.433 e. The summed E-state index contributed by atoms with van der Waals surface area (Å²) in [7, 11) is 2.95. The topological polar surface area (TPSA) is 89.5 Å². The van der Waals surface area contributed by atoms with Crippen LogP contribution < -0.4 is 20.1 Å². The molecule has 144 valence electrons. The minimum absolute atomic E-state index is 0.0331. The lowest BCUT2D eigenvalue weighted by Crippen LogP contribution is -2.35. The van der Waals surface area contributed by atoms with Crippen LogP contribution in [-0.2, 0) is 22.3 Å². The molecule has 0 saturated carbocycles. The third kappa shape index (κ3) is 5.33. The summed E-state index contributed by atoms with van der Waals surface area (Å²) in [5, 5.41) is 4.57. The summed E-state index contributed by atoms with van der Waals surface area (Å²) in [5.41, 5.74) is -0.474. The first-order valence-corrected chi connectivity index (χ1v) is 7.58. The molecule has 2 N–H and O–H groups in total. The van der Waals surface area contributed by atoms with Crippen molar-refractivity contribution in [3.8, 4) is 11.5 Å². The molecule has 0 aliphatic rings. The molecule has 0 aliphatic heterocycles. The van der Waals surface area contributed by atoms with Gasteiger partial charge in [0.1, 0.15) is 5.69 Å². The molecule has 2 amide bonds. The van der Waals surface area contributed by atoms with Crippen LogP contribution in [0.2, 0.25) is 0 Å². The van der Waals surface area contributed by atoms with Gasteiger partial charge in [-0.15, -0.1) is 0 Å². The Labute approximate surface area is 152 Å². The normalized spacial score (nSPS) is 10.9. The number of rotatable bonds is 5. The van der Waals surface area contributed by atoms with Crippen LogP contribution in [-0.4, -0.2) is 31.0 Å². The van der Waals surface area contributed by atoms with Gasteiger partial charge in [0.25, 0.3) is 0 Å². The van der Waals surface area contributed by atoms with Gasteiger partial charge in [-0.05, 0) is 29.8 Å². The van der Waals surface area contributed by atoms with Gasteiger partial charge < -0.3 is 20.1 Å². The van der Waals surface area contributed by atoms with Crippen molar-refractivity contribution in [1.82, 2.24) is 10.3 Å². The zero-order valence-electron chi connectivity index (χ0n) is 14.4. The molecule has 2 aromatic rings. The van der Waals surface area contributed by atoms with E-state index in [0.717, 1.165) is 12.3 Å². The van der Waals surface area contributed by atoms with E-state index in [0.29, 0.717) is 23.1 Å². The number of amides is 2. The van der Waals surface area contributed by atoms with E-state index in [4.69, 9.17) is 9.47 Å². The van der Waals surface area contributed by atoms with Crippen LogP contribution in [0, 0.1) is 0 Å². The van der Waals surface area contributed by atoms with E-state index in [1.54, 1.807) is 18.2 Å². The Bertz CT molecular complexity index is 823. The number of benzene rings is 1. The van der Waals surface area contributed by atoms with Gasteiger partial charge in [0.15, 0.2) is 11.5 Å². The van der Waals surface area contributed by atoms with Gasteiger partial charge in [-0.3, -0.25) is 9.59 Å². The fraction of sp³-hybridized carbons (Fsp3) is 0.235. The fourth-order valence-corrected chi connectivity index (χ4v) is 2.08. The van der Waals surface area contributed by atoms with E-state index in [1.165, 1.54) is 14.2 Å². The number of methoxy groups -OCH3 is 2. The monoisotopic (exact) mass is 383 g/mol. The molecule has 0 bridgehead atoms. The largest absolute Gasteiger partial charge is 0.493 e. The lowest BCUT2D eigenvalue weighted by atomic mass is 10.2. The molecular formula is C17H16F3N3O4. The van der Waals surface area contributed by atoms with E-state index in [1.807, 2.05) is 0 Å². The number of carbonyl (C=O) groups excluding carboxylic acids is 2. The van der Waals surface area contributed by atoms with Gasteiger partial charge in [0, 0.05) is 6.54 Å². The van der Waals surface area contributed by atoms with Crippen molar-refractivity contribution in [3.05, 3.63) is 47.8 Å². The molecule has 0 radical (unpaired) electrons. The number of hydrogen-bond donors (Lipinski definition) is 2. The Hall–Kier alpha value is -3.30. The van der Waals surface area contributed by atoms with Crippen molar-refractivity contribution in [2.45, 2.75) is 12.7 Å². The van der Waals surface area contributed by atoms with E-state index < -0.39 is 23.7 Å². The van der Waals surface area contributed by atoms with Gasteiger partial charge in [-0.1, -0.05) is 6.07 Å². The van der Waals surface area contributed by atoms with Crippen molar-refractivity contribution in [1.29, 1.82) is 0 Å². The van der Waals surface area contributed by atoms with Crippen molar-refractivity contribution >= 4 is 17.5 Å². The number of alkyl halides is 3. The molecule has 10 heteroatoms. The van der Waals surface area contributed by atoms with Crippen LogP contribution in [0.15, 0.2) is 36.5 Å². The maximum Gasteiger partial charge on any atom is 0.433 e. The summed E-state index contributed by atoms with van der Waals surface area (Å²) >= 11 is 0.